The average molecular weight is 306 g/mol. The highest BCUT2D eigenvalue weighted by Crippen LogP contribution is 2.08. The quantitative estimate of drug-likeness (QED) is 0.772. The van der Waals surface area contributed by atoms with Crippen molar-refractivity contribution >= 4 is 11.9 Å². The molecule has 1 aromatic rings. The third-order valence-electron chi connectivity index (χ3n) is 3.55. The highest BCUT2D eigenvalue weighted by atomic mass is 16.4. The molecule has 0 aliphatic rings. The van der Waals surface area contributed by atoms with E-state index in [-0.39, 0.29) is 24.4 Å². The van der Waals surface area contributed by atoms with Gasteiger partial charge in [-0.25, -0.2) is 4.79 Å². The first kappa shape index (κ1) is 18.2. The normalized spacial score (nSPS) is 12.7. The standard InChI is InChI=1S/C17H26N2O3/c1-12(2)16(17(21)22)18-15(20)11-19(13(3)4)10-14-8-6-5-7-9-14/h5-9,12-13,16H,10-11H2,1-4H3,(H,18,20)(H,21,22). The molecule has 1 aromatic carbocycles. The number of benzene rings is 1. The molecule has 2 N–H and O–H groups in total. The number of nitrogens with one attached hydrogen (secondary N) is 1. The number of amides is 1. The molecule has 0 saturated carbocycles. The monoisotopic (exact) mass is 306 g/mol. The number of nitrogens with zero attached hydrogens (tertiary/aromatic N) is 1. The number of carboxylic acids is 1. The van der Waals surface area contributed by atoms with E-state index in [1.54, 1.807) is 13.8 Å². The molecule has 0 aliphatic heterocycles. The van der Waals surface area contributed by atoms with Crippen molar-refractivity contribution in [2.75, 3.05) is 6.54 Å². The van der Waals surface area contributed by atoms with Crippen LogP contribution in [0.1, 0.15) is 33.3 Å². The summed E-state index contributed by atoms with van der Waals surface area (Å²) in [6.45, 7) is 8.45. The molecule has 0 heterocycles. The van der Waals surface area contributed by atoms with E-state index in [0.29, 0.717) is 6.54 Å². The van der Waals surface area contributed by atoms with E-state index < -0.39 is 12.0 Å². The predicted molar refractivity (Wildman–Crippen MR) is 86.4 cm³/mol. The molecule has 1 atom stereocenters. The molecule has 0 aliphatic carbocycles. The minimum absolute atomic E-state index is 0.150. The third-order valence-corrected chi connectivity index (χ3v) is 3.55. The lowest BCUT2D eigenvalue weighted by molar-refractivity contribution is -0.143. The summed E-state index contributed by atoms with van der Waals surface area (Å²) in [4.78, 5) is 25.3. The number of aliphatic carboxylic acids is 1. The maximum absolute atomic E-state index is 12.2. The Morgan fingerprint density at radius 1 is 1.14 bits per heavy atom. The van der Waals surface area contributed by atoms with Gasteiger partial charge < -0.3 is 10.4 Å². The molecule has 0 bridgehead atoms. The van der Waals surface area contributed by atoms with E-state index in [4.69, 9.17) is 5.11 Å². The number of rotatable bonds is 8. The number of hydrogen-bond donors (Lipinski definition) is 2. The Bertz CT molecular complexity index is 486. The van der Waals surface area contributed by atoms with Crippen molar-refractivity contribution in [1.82, 2.24) is 10.2 Å². The maximum atomic E-state index is 12.2. The van der Waals surface area contributed by atoms with E-state index >= 15 is 0 Å². The van der Waals surface area contributed by atoms with Gasteiger partial charge in [-0.05, 0) is 25.3 Å². The molecule has 1 rings (SSSR count). The van der Waals surface area contributed by atoms with Gasteiger partial charge in [0.15, 0.2) is 0 Å². The van der Waals surface area contributed by atoms with Crippen molar-refractivity contribution in [3.63, 3.8) is 0 Å². The zero-order chi connectivity index (χ0) is 16.7. The Morgan fingerprint density at radius 2 is 1.73 bits per heavy atom. The Morgan fingerprint density at radius 3 is 2.18 bits per heavy atom. The smallest absolute Gasteiger partial charge is 0.326 e. The zero-order valence-electron chi connectivity index (χ0n) is 13.7. The van der Waals surface area contributed by atoms with Crippen LogP contribution in [0.3, 0.4) is 0 Å². The van der Waals surface area contributed by atoms with E-state index in [1.807, 2.05) is 49.1 Å². The summed E-state index contributed by atoms with van der Waals surface area (Å²) in [6.07, 6.45) is 0. The highest BCUT2D eigenvalue weighted by molar-refractivity contribution is 5.84. The first-order chi connectivity index (χ1) is 10.3. The van der Waals surface area contributed by atoms with Crippen molar-refractivity contribution in [2.45, 2.75) is 46.3 Å². The van der Waals surface area contributed by atoms with Crippen LogP contribution in [0.25, 0.3) is 0 Å². The fourth-order valence-electron chi connectivity index (χ4n) is 2.16. The molecule has 122 valence electrons. The number of hydrogen-bond acceptors (Lipinski definition) is 3. The highest BCUT2D eigenvalue weighted by Gasteiger charge is 2.24. The second kappa shape index (κ2) is 8.54. The van der Waals surface area contributed by atoms with Crippen molar-refractivity contribution in [3.8, 4) is 0 Å². The van der Waals surface area contributed by atoms with Crippen LogP contribution in [0.4, 0.5) is 0 Å². The van der Waals surface area contributed by atoms with Gasteiger partial charge in [-0.3, -0.25) is 9.69 Å². The number of carbonyl (C=O) groups excluding carboxylic acids is 1. The summed E-state index contributed by atoms with van der Waals surface area (Å²) in [5.74, 6) is -1.41. The summed E-state index contributed by atoms with van der Waals surface area (Å²) in [7, 11) is 0. The molecule has 0 aromatic heterocycles. The molecular formula is C17H26N2O3. The molecule has 0 radical (unpaired) electrons. The molecule has 5 nitrogen and oxygen atoms in total. The lowest BCUT2D eigenvalue weighted by Crippen LogP contribution is -2.48. The number of carbonyl (C=O) groups is 2. The lowest BCUT2D eigenvalue weighted by Gasteiger charge is -2.27. The van der Waals surface area contributed by atoms with E-state index in [1.165, 1.54) is 0 Å². The minimum atomic E-state index is -0.998. The molecule has 1 amide bonds. The molecule has 0 fully saturated rings. The van der Waals surface area contributed by atoms with Crippen molar-refractivity contribution in [1.29, 1.82) is 0 Å². The van der Waals surface area contributed by atoms with Gasteiger partial charge >= 0.3 is 5.97 Å². The Kier molecular flexibility index (Phi) is 7.05. The molecule has 5 heteroatoms. The zero-order valence-corrected chi connectivity index (χ0v) is 13.7. The summed E-state index contributed by atoms with van der Waals surface area (Å²) in [5.41, 5.74) is 1.13. The van der Waals surface area contributed by atoms with E-state index in [0.717, 1.165) is 5.56 Å². The van der Waals surface area contributed by atoms with Crippen molar-refractivity contribution in [3.05, 3.63) is 35.9 Å². The second-order valence-electron chi connectivity index (χ2n) is 6.11. The predicted octanol–water partition coefficient (Wildman–Crippen LogP) is 2.12. The van der Waals surface area contributed by atoms with Crippen LogP contribution in [0.15, 0.2) is 30.3 Å². The van der Waals surface area contributed by atoms with Crippen LogP contribution in [0.2, 0.25) is 0 Å². The van der Waals surface area contributed by atoms with Gasteiger partial charge in [-0.15, -0.1) is 0 Å². The summed E-state index contributed by atoms with van der Waals surface area (Å²) < 4.78 is 0. The topological polar surface area (TPSA) is 69.6 Å². The molecule has 0 saturated heterocycles. The molecule has 22 heavy (non-hydrogen) atoms. The number of carboxylic acid groups (broad SMARTS) is 1. The van der Waals surface area contributed by atoms with Crippen LogP contribution in [-0.4, -0.2) is 40.5 Å². The van der Waals surface area contributed by atoms with Gasteiger partial charge in [0.05, 0.1) is 6.54 Å². The largest absolute Gasteiger partial charge is 0.480 e. The molecular weight excluding hydrogens is 280 g/mol. The first-order valence-corrected chi connectivity index (χ1v) is 7.61. The van der Waals surface area contributed by atoms with Crippen LogP contribution >= 0.6 is 0 Å². The molecule has 1 unspecified atom stereocenters. The van der Waals surface area contributed by atoms with E-state index in [9.17, 15) is 9.59 Å². The third kappa shape index (κ3) is 5.85. The van der Waals surface area contributed by atoms with E-state index in [2.05, 4.69) is 5.32 Å². The van der Waals surface area contributed by atoms with Gasteiger partial charge in [0.2, 0.25) is 5.91 Å². The Labute approximate surface area is 132 Å². The Balaban J connectivity index is 2.66. The minimum Gasteiger partial charge on any atom is -0.480 e. The summed E-state index contributed by atoms with van der Waals surface area (Å²) in [5, 5.41) is 11.7. The maximum Gasteiger partial charge on any atom is 0.326 e. The molecule has 0 spiro atoms. The Hall–Kier alpha value is -1.88. The summed E-state index contributed by atoms with van der Waals surface area (Å²) in [6, 6.07) is 9.26. The van der Waals surface area contributed by atoms with Crippen LogP contribution in [-0.2, 0) is 16.1 Å². The van der Waals surface area contributed by atoms with Crippen LogP contribution < -0.4 is 5.32 Å². The average Bonchev–Trinajstić information content (AvgIpc) is 2.44. The van der Waals surface area contributed by atoms with Crippen LogP contribution in [0.5, 0.6) is 0 Å². The van der Waals surface area contributed by atoms with Gasteiger partial charge in [0.25, 0.3) is 0 Å². The van der Waals surface area contributed by atoms with Gasteiger partial charge in [0.1, 0.15) is 6.04 Å². The van der Waals surface area contributed by atoms with Crippen molar-refractivity contribution in [2.24, 2.45) is 5.92 Å². The SMILES string of the molecule is CC(C)C(NC(=O)CN(Cc1ccccc1)C(C)C)C(=O)O. The fourth-order valence-corrected chi connectivity index (χ4v) is 2.16. The van der Waals surface area contributed by atoms with Crippen LogP contribution in [0, 0.1) is 5.92 Å². The first-order valence-electron chi connectivity index (χ1n) is 7.61. The fraction of sp³-hybridized carbons (Fsp3) is 0.529. The van der Waals surface area contributed by atoms with Gasteiger partial charge in [-0.2, -0.15) is 0 Å². The van der Waals surface area contributed by atoms with Gasteiger partial charge in [-0.1, -0.05) is 44.2 Å². The summed E-state index contributed by atoms with van der Waals surface area (Å²) >= 11 is 0. The van der Waals surface area contributed by atoms with Crippen molar-refractivity contribution < 1.29 is 14.7 Å². The second-order valence-corrected chi connectivity index (χ2v) is 6.11. The lowest BCUT2D eigenvalue weighted by atomic mass is 10.0. The van der Waals surface area contributed by atoms with Gasteiger partial charge in [0, 0.05) is 12.6 Å².